The highest BCUT2D eigenvalue weighted by molar-refractivity contribution is 7.98. The molecule has 6 atom stereocenters. The summed E-state index contributed by atoms with van der Waals surface area (Å²) >= 11 is 24.7. The van der Waals surface area contributed by atoms with Gasteiger partial charge >= 0.3 is 0 Å². The fraction of sp³-hybridized carbons (Fsp3) is 0.500. The predicted octanol–water partition coefficient (Wildman–Crippen LogP) is 2.58. The predicted molar refractivity (Wildman–Crippen MR) is 68.6 cm³/mol. The van der Waals surface area contributed by atoms with E-state index in [9.17, 15) is 8.42 Å². The average molecular weight is 338 g/mol. The highest BCUT2D eigenvalue weighted by Crippen LogP contribution is 2.69. The molecule has 1 fully saturated rings. The van der Waals surface area contributed by atoms with E-state index >= 15 is 0 Å². The third-order valence-electron chi connectivity index (χ3n) is 3.11. The van der Waals surface area contributed by atoms with Gasteiger partial charge in [0, 0.05) is 5.92 Å². The third kappa shape index (κ3) is 0.962. The van der Waals surface area contributed by atoms with Gasteiger partial charge in [0.15, 0.2) is 8.41 Å². The molecule has 0 amide bonds. The van der Waals surface area contributed by atoms with Gasteiger partial charge in [-0.3, -0.25) is 8.42 Å². The molecule has 0 spiro atoms. The number of hydrogen-bond donors (Lipinski definition) is 0. The zero-order valence-corrected chi connectivity index (χ0v) is 12.1. The molecule has 8 heteroatoms. The lowest BCUT2D eigenvalue weighted by atomic mass is 9.93. The largest absolute Gasteiger partial charge is 0.255 e. The fourth-order valence-electron chi connectivity index (χ4n) is 2.29. The Morgan fingerprint density at radius 2 is 1.81 bits per heavy atom. The summed E-state index contributed by atoms with van der Waals surface area (Å²) in [6.45, 7) is 0. The van der Waals surface area contributed by atoms with E-state index < -0.39 is 40.1 Å². The van der Waals surface area contributed by atoms with E-state index in [1.54, 1.807) is 6.08 Å². The molecule has 2 bridgehead atoms. The SMILES string of the molecule is O=S1[C@@]2(Cl)C=C[C@]1(Cl)[C@@]1(Cl)[C@@H]2C=C(Cl)[S@]1=O. The first-order valence-electron chi connectivity index (χ1n) is 4.27. The molecule has 3 aliphatic rings. The van der Waals surface area contributed by atoms with Crippen molar-refractivity contribution < 1.29 is 8.42 Å². The topological polar surface area (TPSA) is 34.1 Å². The summed E-state index contributed by atoms with van der Waals surface area (Å²) in [5.41, 5.74) is 0. The minimum Gasteiger partial charge on any atom is -0.255 e. The van der Waals surface area contributed by atoms with Crippen molar-refractivity contribution in [2.24, 2.45) is 5.92 Å². The molecule has 0 aliphatic carbocycles. The maximum atomic E-state index is 12.2. The monoisotopic (exact) mass is 336 g/mol. The van der Waals surface area contributed by atoms with Crippen LogP contribution in [-0.4, -0.2) is 21.0 Å². The van der Waals surface area contributed by atoms with Crippen molar-refractivity contribution in [2.75, 3.05) is 0 Å². The first kappa shape index (κ1) is 12.0. The molecule has 0 N–H and O–H groups in total. The normalized spacial score (nSPS) is 62.5. The second-order valence-electron chi connectivity index (χ2n) is 3.81. The van der Waals surface area contributed by atoms with Crippen LogP contribution < -0.4 is 0 Å². The standard InChI is InChI=1S/C8H4Cl4O2S2/c9-5-3-4-6(10)1-2-7(11,16(6)14)8(4,12)15(5)13/h1-4H/t4-,6+,7-,8-,15-,16?/m1/s1. The average Bonchev–Trinajstić information content (AvgIpc) is 2.66. The summed E-state index contributed by atoms with van der Waals surface area (Å²) in [4.78, 5) is 0. The van der Waals surface area contributed by atoms with Crippen molar-refractivity contribution in [2.45, 2.75) is 12.6 Å². The fourth-order valence-corrected chi connectivity index (χ4v) is 8.96. The molecule has 0 aromatic carbocycles. The number of rotatable bonds is 0. The molecule has 2 nitrogen and oxygen atoms in total. The lowest BCUT2D eigenvalue weighted by molar-refractivity contribution is 0.555. The minimum absolute atomic E-state index is 0.121. The van der Waals surface area contributed by atoms with Gasteiger partial charge in [-0.1, -0.05) is 52.5 Å². The number of alkyl halides is 3. The Balaban J connectivity index is 2.33. The van der Waals surface area contributed by atoms with Gasteiger partial charge in [-0.05, 0) is 12.2 Å². The van der Waals surface area contributed by atoms with Crippen LogP contribution in [-0.2, 0) is 21.6 Å². The van der Waals surface area contributed by atoms with Crippen LogP contribution in [0.4, 0.5) is 0 Å². The lowest BCUT2D eigenvalue weighted by Crippen LogP contribution is -2.47. The summed E-state index contributed by atoms with van der Waals surface area (Å²) < 4.78 is 20.3. The molecule has 0 aromatic rings. The third-order valence-corrected chi connectivity index (χ3v) is 10.3. The summed E-state index contributed by atoms with van der Waals surface area (Å²) in [6.07, 6.45) is 4.54. The van der Waals surface area contributed by atoms with Gasteiger partial charge in [0.25, 0.3) is 0 Å². The molecular formula is C8H4Cl4O2S2. The quantitative estimate of drug-likeness (QED) is 0.503. The Labute approximate surface area is 117 Å². The van der Waals surface area contributed by atoms with Crippen molar-refractivity contribution in [3.05, 3.63) is 22.6 Å². The molecule has 0 saturated carbocycles. The molecule has 16 heavy (non-hydrogen) atoms. The van der Waals surface area contributed by atoms with Crippen LogP contribution >= 0.6 is 46.4 Å². The summed E-state index contributed by atoms with van der Waals surface area (Å²) in [7, 11) is -3.32. The molecule has 3 aliphatic heterocycles. The van der Waals surface area contributed by atoms with Crippen molar-refractivity contribution in [1.82, 2.24) is 0 Å². The van der Waals surface area contributed by atoms with E-state index in [1.165, 1.54) is 12.2 Å². The van der Waals surface area contributed by atoms with Crippen molar-refractivity contribution in [1.29, 1.82) is 0 Å². The van der Waals surface area contributed by atoms with E-state index in [1.807, 2.05) is 0 Å². The van der Waals surface area contributed by atoms with Gasteiger partial charge in [0.05, 0.1) is 21.6 Å². The smallest absolute Gasteiger partial charge is 0.171 e. The number of allylic oxidation sites excluding steroid dienone is 1. The Morgan fingerprint density at radius 3 is 2.38 bits per heavy atom. The van der Waals surface area contributed by atoms with Crippen molar-refractivity contribution >= 4 is 68.0 Å². The molecule has 0 radical (unpaired) electrons. The first-order valence-corrected chi connectivity index (χ1v) is 8.08. The number of halogens is 4. The molecule has 3 heterocycles. The van der Waals surface area contributed by atoms with Gasteiger partial charge in [0.2, 0.25) is 0 Å². The van der Waals surface area contributed by atoms with Gasteiger partial charge in [-0.15, -0.1) is 0 Å². The van der Waals surface area contributed by atoms with E-state index in [-0.39, 0.29) is 4.36 Å². The van der Waals surface area contributed by atoms with Crippen LogP contribution in [0, 0.1) is 5.92 Å². The molecule has 3 rings (SSSR count). The maximum absolute atomic E-state index is 12.2. The van der Waals surface area contributed by atoms with E-state index in [0.29, 0.717) is 0 Å². The Kier molecular flexibility index (Phi) is 2.32. The number of fused-ring (bicyclic) bond motifs is 5. The number of hydrogen-bond acceptors (Lipinski definition) is 2. The van der Waals surface area contributed by atoms with Crippen LogP contribution in [0.2, 0.25) is 0 Å². The van der Waals surface area contributed by atoms with Crippen LogP contribution in [0.15, 0.2) is 22.6 Å². The van der Waals surface area contributed by atoms with Crippen LogP contribution in [0.5, 0.6) is 0 Å². The maximum Gasteiger partial charge on any atom is 0.171 e. The zero-order chi connectivity index (χ0) is 11.9. The van der Waals surface area contributed by atoms with Crippen LogP contribution in [0.25, 0.3) is 0 Å². The Hall–Kier alpha value is 0.940. The molecule has 0 aromatic heterocycles. The molecule has 1 unspecified atom stereocenters. The highest BCUT2D eigenvalue weighted by atomic mass is 35.5. The summed E-state index contributed by atoms with van der Waals surface area (Å²) in [5.74, 6) is -0.583. The van der Waals surface area contributed by atoms with Gasteiger partial charge in [-0.25, -0.2) is 0 Å². The Morgan fingerprint density at radius 1 is 1.19 bits per heavy atom. The van der Waals surface area contributed by atoms with Crippen molar-refractivity contribution in [3.8, 4) is 0 Å². The van der Waals surface area contributed by atoms with E-state index in [0.717, 1.165) is 0 Å². The summed E-state index contributed by atoms with van der Waals surface area (Å²) in [6, 6.07) is 0. The summed E-state index contributed by atoms with van der Waals surface area (Å²) in [5, 5.41) is 0. The Bertz CT molecular complexity index is 518. The second-order valence-corrected chi connectivity index (χ2v) is 10.4. The van der Waals surface area contributed by atoms with Crippen LogP contribution in [0.3, 0.4) is 0 Å². The lowest BCUT2D eigenvalue weighted by Gasteiger charge is -2.32. The second kappa shape index (κ2) is 3.09. The minimum atomic E-state index is -1.69. The van der Waals surface area contributed by atoms with Gasteiger partial charge in [0.1, 0.15) is 8.57 Å². The zero-order valence-electron chi connectivity index (χ0n) is 7.45. The van der Waals surface area contributed by atoms with E-state index in [2.05, 4.69) is 0 Å². The highest BCUT2D eigenvalue weighted by Gasteiger charge is 2.79. The molecular weight excluding hydrogens is 334 g/mol. The van der Waals surface area contributed by atoms with Gasteiger partial charge in [-0.2, -0.15) is 0 Å². The van der Waals surface area contributed by atoms with Gasteiger partial charge < -0.3 is 0 Å². The van der Waals surface area contributed by atoms with Crippen molar-refractivity contribution in [3.63, 3.8) is 0 Å². The molecule has 1 saturated heterocycles. The van der Waals surface area contributed by atoms with Crippen LogP contribution in [0.1, 0.15) is 0 Å². The van der Waals surface area contributed by atoms with E-state index in [4.69, 9.17) is 46.4 Å². The first-order chi connectivity index (χ1) is 7.28. The molecule has 88 valence electrons.